The molecule has 0 aliphatic heterocycles. The fourth-order valence-corrected chi connectivity index (χ4v) is 1.10. The molecule has 0 spiro atoms. The molecule has 1 radical (unpaired) electrons. The molecular weight excluding hydrogens is 212 g/mol. The molecule has 1 unspecified atom stereocenters. The smallest absolute Gasteiger partial charge is 0.406 e. The Bertz CT molecular complexity index is 344. The van der Waals surface area contributed by atoms with E-state index < -0.39 is 23.8 Å². The van der Waals surface area contributed by atoms with Crippen molar-refractivity contribution in [1.29, 1.82) is 0 Å². The molecule has 0 aliphatic carbocycles. The van der Waals surface area contributed by atoms with Crippen molar-refractivity contribution in [3.63, 3.8) is 0 Å². The fraction of sp³-hybridized carbons (Fsp3) is 0.300. The first-order chi connectivity index (χ1) is 6.79. The van der Waals surface area contributed by atoms with Gasteiger partial charge in [-0.2, -0.15) is 0 Å². The molecular formula is C10H9F4O. The van der Waals surface area contributed by atoms with Crippen molar-refractivity contribution >= 4 is 0 Å². The molecule has 0 amide bonds. The van der Waals surface area contributed by atoms with Gasteiger partial charge in [0, 0.05) is 0 Å². The monoisotopic (exact) mass is 221 g/mol. The summed E-state index contributed by atoms with van der Waals surface area (Å²) in [6, 6.07) is 2.85. The average Bonchev–Trinajstić information content (AvgIpc) is 2.05. The molecule has 1 rings (SSSR count). The molecule has 0 aromatic heterocycles. The Morgan fingerprint density at radius 3 is 2.40 bits per heavy atom. The van der Waals surface area contributed by atoms with E-state index in [4.69, 9.17) is 0 Å². The Balaban J connectivity index is 2.98. The Morgan fingerprint density at radius 2 is 1.93 bits per heavy atom. The highest BCUT2D eigenvalue weighted by Crippen LogP contribution is 2.27. The number of hydrogen-bond donors (Lipinski definition) is 0. The van der Waals surface area contributed by atoms with Crippen LogP contribution in [0.3, 0.4) is 0 Å². The van der Waals surface area contributed by atoms with Gasteiger partial charge < -0.3 is 4.74 Å². The lowest BCUT2D eigenvalue weighted by Crippen LogP contribution is -2.17. The molecule has 1 aromatic carbocycles. The highest BCUT2D eigenvalue weighted by atomic mass is 19.4. The number of rotatable bonds is 2. The second kappa shape index (κ2) is 4.08. The molecule has 0 N–H and O–H groups in total. The number of ether oxygens (including phenoxy) is 1. The molecule has 1 aromatic rings. The molecule has 0 saturated heterocycles. The normalized spacial score (nSPS) is 11.9. The van der Waals surface area contributed by atoms with Crippen LogP contribution >= 0.6 is 0 Å². The molecule has 0 heterocycles. The van der Waals surface area contributed by atoms with Crippen LogP contribution in [0.25, 0.3) is 0 Å². The van der Waals surface area contributed by atoms with Crippen molar-refractivity contribution in [2.75, 3.05) is 0 Å². The van der Waals surface area contributed by atoms with Gasteiger partial charge in [-0.15, -0.1) is 13.2 Å². The summed E-state index contributed by atoms with van der Waals surface area (Å²) < 4.78 is 52.3. The number of alkyl halides is 3. The van der Waals surface area contributed by atoms with Crippen LogP contribution < -0.4 is 4.74 Å². The van der Waals surface area contributed by atoms with Crippen LogP contribution in [0, 0.1) is 12.7 Å². The van der Waals surface area contributed by atoms with E-state index in [0.717, 1.165) is 18.2 Å². The van der Waals surface area contributed by atoms with Gasteiger partial charge in [-0.05, 0) is 36.6 Å². The maximum atomic E-state index is 13.1. The summed E-state index contributed by atoms with van der Waals surface area (Å²) in [7, 11) is 0. The van der Waals surface area contributed by atoms with E-state index in [1.165, 1.54) is 0 Å². The van der Waals surface area contributed by atoms with Gasteiger partial charge in [0.1, 0.15) is 11.6 Å². The lowest BCUT2D eigenvalue weighted by Gasteiger charge is -2.12. The third-order valence-corrected chi connectivity index (χ3v) is 1.73. The van der Waals surface area contributed by atoms with Crippen molar-refractivity contribution < 1.29 is 22.3 Å². The van der Waals surface area contributed by atoms with Gasteiger partial charge in [-0.1, -0.05) is 6.92 Å². The SMILES string of the molecule is [CH2]C(C)c1cc(OC(F)(F)F)ccc1F. The summed E-state index contributed by atoms with van der Waals surface area (Å²) >= 11 is 0. The predicted molar refractivity (Wildman–Crippen MR) is 46.9 cm³/mol. The summed E-state index contributed by atoms with van der Waals surface area (Å²) in [6.45, 7) is 5.11. The largest absolute Gasteiger partial charge is 0.573 e. The Kier molecular flexibility index (Phi) is 3.21. The maximum absolute atomic E-state index is 13.1. The van der Waals surface area contributed by atoms with E-state index >= 15 is 0 Å². The first kappa shape index (κ1) is 11.8. The molecule has 1 atom stereocenters. The Labute approximate surface area is 84.7 Å². The van der Waals surface area contributed by atoms with E-state index in [1.54, 1.807) is 6.92 Å². The molecule has 0 fully saturated rings. The zero-order chi connectivity index (χ0) is 11.6. The first-order valence-corrected chi connectivity index (χ1v) is 4.18. The summed E-state index contributed by atoms with van der Waals surface area (Å²) in [4.78, 5) is 0. The predicted octanol–water partition coefficient (Wildman–Crippen LogP) is 3.66. The van der Waals surface area contributed by atoms with Gasteiger partial charge >= 0.3 is 6.36 Å². The second-order valence-corrected chi connectivity index (χ2v) is 3.13. The minimum atomic E-state index is -4.76. The average molecular weight is 221 g/mol. The second-order valence-electron chi connectivity index (χ2n) is 3.13. The summed E-state index contributed by atoms with van der Waals surface area (Å²) in [5, 5.41) is 0. The highest BCUT2D eigenvalue weighted by Gasteiger charge is 2.31. The molecule has 15 heavy (non-hydrogen) atoms. The van der Waals surface area contributed by atoms with Crippen LogP contribution in [-0.2, 0) is 0 Å². The van der Waals surface area contributed by atoms with Crippen molar-refractivity contribution in [3.05, 3.63) is 36.5 Å². The minimum Gasteiger partial charge on any atom is -0.406 e. The van der Waals surface area contributed by atoms with Gasteiger partial charge in [0.05, 0.1) is 0 Å². The van der Waals surface area contributed by atoms with Crippen LogP contribution in [-0.4, -0.2) is 6.36 Å². The number of hydrogen-bond acceptors (Lipinski definition) is 1. The van der Waals surface area contributed by atoms with E-state index in [-0.39, 0.29) is 5.56 Å². The van der Waals surface area contributed by atoms with Crippen LogP contribution in [0.15, 0.2) is 18.2 Å². The maximum Gasteiger partial charge on any atom is 0.573 e. The minimum absolute atomic E-state index is 0.0942. The summed E-state index contributed by atoms with van der Waals surface area (Å²) in [6.07, 6.45) is -4.76. The Morgan fingerprint density at radius 1 is 1.33 bits per heavy atom. The van der Waals surface area contributed by atoms with Gasteiger partial charge in [-0.3, -0.25) is 0 Å². The highest BCUT2D eigenvalue weighted by molar-refractivity contribution is 5.32. The van der Waals surface area contributed by atoms with Gasteiger partial charge in [0.15, 0.2) is 0 Å². The van der Waals surface area contributed by atoms with Crippen molar-refractivity contribution in [1.82, 2.24) is 0 Å². The third kappa shape index (κ3) is 3.42. The molecule has 1 nitrogen and oxygen atoms in total. The van der Waals surface area contributed by atoms with E-state index in [0.29, 0.717) is 0 Å². The number of halogens is 4. The van der Waals surface area contributed by atoms with Crippen molar-refractivity contribution in [2.45, 2.75) is 19.2 Å². The molecule has 5 heteroatoms. The summed E-state index contributed by atoms with van der Waals surface area (Å²) in [5.41, 5.74) is 0.0942. The van der Waals surface area contributed by atoms with Crippen LogP contribution in [0.4, 0.5) is 17.6 Å². The standard InChI is InChI=1S/C10H9F4O/c1-6(2)8-5-7(3-4-9(8)11)15-10(12,13)14/h3-6H,1H2,2H3. The molecule has 83 valence electrons. The molecule has 0 saturated carbocycles. The van der Waals surface area contributed by atoms with Gasteiger partial charge in [0.25, 0.3) is 0 Å². The topological polar surface area (TPSA) is 9.23 Å². The fourth-order valence-electron chi connectivity index (χ4n) is 1.10. The summed E-state index contributed by atoms with van der Waals surface area (Å²) in [5.74, 6) is -1.47. The van der Waals surface area contributed by atoms with Crippen molar-refractivity contribution in [2.24, 2.45) is 0 Å². The Hall–Kier alpha value is -1.26. The third-order valence-electron chi connectivity index (χ3n) is 1.73. The zero-order valence-electron chi connectivity index (χ0n) is 7.94. The lowest BCUT2D eigenvalue weighted by atomic mass is 10.0. The molecule has 0 bridgehead atoms. The van der Waals surface area contributed by atoms with Crippen molar-refractivity contribution in [3.8, 4) is 5.75 Å². The van der Waals surface area contributed by atoms with Gasteiger partial charge in [-0.25, -0.2) is 4.39 Å². The van der Waals surface area contributed by atoms with E-state index in [2.05, 4.69) is 11.7 Å². The quantitative estimate of drug-likeness (QED) is 0.692. The zero-order valence-corrected chi connectivity index (χ0v) is 7.94. The van der Waals surface area contributed by atoms with E-state index in [9.17, 15) is 17.6 Å². The lowest BCUT2D eigenvalue weighted by molar-refractivity contribution is -0.274. The van der Waals surface area contributed by atoms with Crippen LogP contribution in [0.5, 0.6) is 5.75 Å². The first-order valence-electron chi connectivity index (χ1n) is 4.18. The molecule has 0 aliphatic rings. The number of benzene rings is 1. The van der Waals surface area contributed by atoms with Gasteiger partial charge in [0.2, 0.25) is 0 Å². The van der Waals surface area contributed by atoms with Crippen LogP contribution in [0.1, 0.15) is 18.4 Å². The van der Waals surface area contributed by atoms with Crippen LogP contribution in [0.2, 0.25) is 0 Å². The van der Waals surface area contributed by atoms with E-state index in [1.807, 2.05) is 0 Å².